The monoisotopic (exact) mass is 271 g/mol. The number of methoxy groups -OCH3 is 1. The minimum absolute atomic E-state index is 0.283. The molecule has 100 valence electrons. The highest BCUT2D eigenvalue weighted by Gasteiger charge is 2.41. The van der Waals surface area contributed by atoms with Crippen LogP contribution < -0.4 is 0 Å². The summed E-state index contributed by atoms with van der Waals surface area (Å²) in [4.78, 5) is 11.5. The Balaban J connectivity index is 2.64. The van der Waals surface area contributed by atoms with Gasteiger partial charge in [-0.25, -0.2) is 9.48 Å². The van der Waals surface area contributed by atoms with E-state index < -0.39 is 23.5 Å². The third-order valence-corrected chi connectivity index (χ3v) is 2.32. The van der Waals surface area contributed by atoms with Gasteiger partial charge in [-0.05, 0) is 12.1 Å². The Kier molecular flexibility index (Phi) is 3.24. The quantitative estimate of drug-likeness (QED) is 0.785. The molecule has 0 saturated heterocycles. The summed E-state index contributed by atoms with van der Waals surface area (Å²) in [5, 5.41) is 6.39. The lowest BCUT2D eigenvalue weighted by Gasteiger charge is -2.07. The molecule has 0 aliphatic carbocycles. The summed E-state index contributed by atoms with van der Waals surface area (Å²) in [6, 6.07) is 7.89. The van der Waals surface area contributed by atoms with Gasteiger partial charge < -0.3 is 4.74 Å². The second-order valence-electron chi connectivity index (χ2n) is 3.52. The Morgan fingerprint density at radius 1 is 1.26 bits per heavy atom. The molecule has 0 aliphatic heterocycles. The summed E-state index contributed by atoms with van der Waals surface area (Å²) in [7, 11) is 0.991. The molecule has 0 saturated carbocycles. The van der Waals surface area contributed by atoms with Crippen LogP contribution in [0.15, 0.2) is 30.3 Å². The molecule has 0 bridgehead atoms. The molecule has 8 heteroatoms. The summed E-state index contributed by atoms with van der Waals surface area (Å²) in [5.74, 6) is -1.15. The Morgan fingerprint density at radius 3 is 2.42 bits per heavy atom. The zero-order valence-corrected chi connectivity index (χ0v) is 9.68. The summed E-state index contributed by atoms with van der Waals surface area (Å²) in [5.41, 5.74) is -1.84. The Labute approximate surface area is 105 Å². The van der Waals surface area contributed by atoms with E-state index in [2.05, 4.69) is 15.0 Å². The van der Waals surface area contributed by atoms with Crippen LogP contribution in [0.2, 0.25) is 0 Å². The van der Waals surface area contributed by atoms with Crippen molar-refractivity contribution in [1.82, 2.24) is 15.0 Å². The number of hydrogen-bond acceptors (Lipinski definition) is 4. The molecule has 2 aromatic rings. The molecule has 1 heterocycles. The zero-order chi connectivity index (χ0) is 14.0. The molecule has 1 aromatic heterocycles. The third-order valence-electron chi connectivity index (χ3n) is 2.32. The van der Waals surface area contributed by atoms with Crippen molar-refractivity contribution in [3.8, 4) is 5.69 Å². The molecular weight excluding hydrogens is 263 g/mol. The maximum absolute atomic E-state index is 12.8. The fraction of sp³-hybridized carbons (Fsp3) is 0.182. The van der Waals surface area contributed by atoms with Gasteiger partial charge in [0.1, 0.15) is 0 Å². The number of para-hydroxylation sites is 1. The smallest absolute Gasteiger partial charge is 0.437 e. The van der Waals surface area contributed by atoms with E-state index in [9.17, 15) is 18.0 Å². The van der Waals surface area contributed by atoms with Gasteiger partial charge >= 0.3 is 12.1 Å². The highest BCUT2D eigenvalue weighted by atomic mass is 19.4. The fourth-order valence-electron chi connectivity index (χ4n) is 1.50. The van der Waals surface area contributed by atoms with Crippen molar-refractivity contribution in [3.05, 3.63) is 41.7 Å². The van der Waals surface area contributed by atoms with Crippen molar-refractivity contribution in [2.75, 3.05) is 7.11 Å². The predicted molar refractivity (Wildman–Crippen MR) is 57.7 cm³/mol. The van der Waals surface area contributed by atoms with Gasteiger partial charge in [0.15, 0.2) is 5.69 Å². The maximum atomic E-state index is 12.8. The number of halogens is 3. The molecule has 0 radical (unpaired) electrons. The van der Waals surface area contributed by atoms with Crippen molar-refractivity contribution < 1.29 is 22.7 Å². The number of carbonyl (C=O) groups is 1. The van der Waals surface area contributed by atoms with Crippen LogP contribution in [-0.2, 0) is 10.9 Å². The number of carbonyl (C=O) groups excluding carboxylic acids is 1. The van der Waals surface area contributed by atoms with Crippen LogP contribution >= 0.6 is 0 Å². The highest BCUT2D eigenvalue weighted by molar-refractivity contribution is 5.89. The zero-order valence-electron chi connectivity index (χ0n) is 9.68. The first-order chi connectivity index (χ1) is 8.95. The van der Waals surface area contributed by atoms with Gasteiger partial charge in [0.2, 0.25) is 5.69 Å². The van der Waals surface area contributed by atoms with Crippen LogP contribution in [0.3, 0.4) is 0 Å². The molecule has 0 amide bonds. The predicted octanol–water partition coefficient (Wildman–Crippen LogP) is 2.07. The minimum atomic E-state index is -4.78. The summed E-state index contributed by atoms with van der Waals surface area (Å²) < 4.78 is 43.4. The summed E-state index contributed by atoms with van der Waals surface area (Å²) in [6.07, 6.45) is -4.78. The van der Waals surface area contributed by atoms with E-state index in [0.717, 1.165) is 11.8 Å². The molecule has 19 heavy (non-hydrogen) atoms. The molecule has 0 aliphatic rings. The lowest BCUT2D eigenvalue weighted by molar-refractivity contribution is -0.141. The van der Waals surface area contributed by atoms with Crippen LogP contribution in [0.1, 0.15) is 16.2 Å². The number of nitrogens with zero attached hydrogens (tertiary/aromatic N) is 3. The lowest BCUT2D eigenvalue weighted by atomic mass is 10.2. The van der Waals surface area contributed by atoms with Crippen LogP contribution in [0.5, 0.6) is 0 Å². The summed E-state index contributed by atoms with van der Waals surface area (Å²) in [6.45, 7) is 0. The van der Waals surface area contributed by atoms with E-state index in [-0.39, 0.29) is 5.69 Å². The topological polar surface area (TPSA) is 57.0 Å². The van der Waals surface area contributed by atoms with Gasteiger partial charge in [0, 0.05) is 0 Å². The number of aromatic nitrogens is 3. The Bertz CT molecular complexity index is 593. The van der Waals surface area contributed by atoms with Crippen molar-refractivity contribution in [2.45, 2.75) is 6.18 Å². The largest absolute Gasteiger partial charge is 0.464 e. The average molecular weight is 271 g/mol. The van der Waals surface area contributed by atoms with E-state index in [1.807, 2.05) is 0 Å². The van der Waals surface area contributed by atoms with Crippen LogP contribution in [0.25, 0.3) is 5.69 Å². The van der Waals surface area contributed by atoms with Gasteiger partial charge in [-0.15, -0.1) is 5.10 Å². The normalized spacial score (nSPS) is 11.4. The minimum Gasteiger partial charge on any atom is -0.464 e. The molecule has 1 aromatic carbocycles. The molecule has 5 nitrogen and oxygen atoms in total. The number of benzene rings is 1. The standard InChI is InChI=1S/C11H8F3N3O2/c1-19-10(18)8-9(11(12,13)14)15-16-17(8)7-5-3-2-4-6-7/h2-6H,1H3. The first-order valence-electron chi connectivity index (χ1n) is 5.11. The molecule has 0 spiro atoms. The van der Waals surface area contributed by atoms with Gasteiger partial charge in [-0.1, -0.05) is 23.4 Å². The van der Waals surface area contributed by atoms with E-state index in [4.69, 9.17) is 0 Å². The van der Waals surface area contributed by atoms with Gasteiger partial charge in [0.25, 0.3) is 0 Å². The average Bonchev–Trinajstić information content (AvgIpc) is 2.83. The number of rotatable bonds is 2. The number of esters is 1. The van der Waals surface area contributed by atoms with Gasteiger partial charge in [-0.3, -0.25) is 0 Å². The van der Waals surface area contributed by atoms with Crippen LogP contribution in [-0.4, -0.2) is 28.1 Å². The molecule has 0 fully saturated rings. The molecular formula is C11H8F3N3O2. The number of alkyl halides is 3. The molecule has 0 atom stereocenters. The maximum Gasteiger partial charge on any atom is 0.437 e. The SMILES string of the molecule is COC(=O)c1c(C(F)(F)F)nnn1-c1ccccc1. The molecule has 0 unspecified atom stereocenters. The lowest BCUT2D eigenvalue weighted by Crippen LogP contribution is -2.17. The van der Waals surface area contributed by atoms with E-state index >= 15 is 0 Å². The van der Waals surface area contributed by atoms with Crippen molar-refractivity contribution >= 4 is 5.97 Å². The van der Waals surface area contributed by atoms with Crippen LogP contribution in [0.4, 0.5) is 13.2 Å². The first kappa shape index (κ1) is 13.1. The van der Waals surface area contributed by atoms with E-state index in [1.54, 1.807) is 18.2 Å². The fourth-order valence-corrected chi connectivity index (χ4v) is 1.50. The second kappa shape index (κ2) is 4.71. The first-order valence-corrected chi connectivity index (χ1v) is 5.11. The number of hydrogen-bond donors (Lipinski definition) is 0. The van der Waals surface area contributed by atoms with Crippen molar-refractivity contribution in [2.24, 2.45) is 0 Å². The van der Waals surface area contributed by atoms with E-state index in [0.29, 0.717) is 0 Å². The van der Waals surface area contributed by atoms with Crippen molar-refractivity contribution in [1.29, 1.82) is 0 Å². The Hall–Kier alpha value is -2.38. The number of ether oxygens (including phenoxy) is 1. The van der Waals surface area contributed by atoms with Gasteiger partial charge in [-0.2, -0.15) is 13.2 Å². The summed E-state index contributed by atoms with van der Waals surface area (Å²) >= 11 is 0. The second-order valence-corrected chi connectivity index (χ2v) is 3.52. The Morgan fingerprint density at radius 2 is 1.89 bits per heavy atom. The third kappa shape index (κ3) is 2.42. The van der Waals surface area contributed by atoms with E-state index in [1.165, 1.54) is 12.1 Å². The molecule has 2 rings (SSSR count). The highest BCUT2D eigenvalue weighted by Crippen LogP contribution is 2.31. The molecule has 0 N–H and O–H groups in total. The van der Waals surface area contributed by atoms with Crippen LogP contribution in [0, 0.1) is 0 Å². The van der Waals surface area contributed by atoms with Crippen molar-refractivity contribution in [3.63, 3.8) is 0 Å². The van der Waals surface area contributed by atoms with Gasteiger partial charge in [0.05, 0.1) is 12.8 Å².